The van der Waals surface area contributed by atoms with Crippen LogP contribution in [0.4, 0.5) is 17.6 Å². The van der Waals surface area contributed by atoms with Crippen LogP contribution in [0.1, 0.15) is 58.5 Å². The van der Waals surface area contributed by atoms with E-state index in [0.29, 0.717) is 28.2 Å². The number of alkyl halides is 3. The molecule has 3 unspecified atom stereocenters. The number of ketones is 1. The summed E-state index contributed by atoms with van der Waals surface area (Å²) in [4.78, 5) is 26.6. The van der Waals surface area contributed by atoms with Crippen LogP contribution in [-0.2, 0) is 11.2 Å². The zero-order chi connectivity index (χ0) is 25.2. The van der Waals surface area contributed by atoms with Crippen molar-refractivity contribution in [3.05, 3.63) is 62.4 Å². The lowest BCUT2D eigenvalue weighted by Crippen LogP contribution is -2.24. The lowest BCUT2D eigenvalue weighted by molar-refractivity contribution is -0.151. The molecule has 0 N–H and O–H groups in total. The molecule has 1 aliphatic heterocycles. The molecule has 182 valence electrons. The summed E-state index contributed by atoms with van der Waals surface area (Å²) in [5.41, 5.74) is 0.350. The molecule has 0 amide bonds. The Labute approximate surface area is 208 Å². The van der Waals surface area contributed by atoms with Gasteiger partial charge < -0.3 is 4.74 Å². The first-order chi connectivity index (χ1) is 15.7. The Morgan fingerprint density at radius 1 is 1.06 bits per heavy atom. The molecule has 0 bridgehead atoms. The monoisotopic (exact) mass is 534 g/mol. The van der Waals surface area contributed by atoms with E-state index in [4.69, 9.17) is 27.9 Å². The number of thioether (sulfide) groups is 1. The standard InChI is InChI=1S/C24H20Cl2F4O3S/c1-23(2,3)33-22(32)13-5-4-11(12-6-7-34-21(12)13)20(31)17-16(18(17)24(28,29)30)10-8-14(25)19(27)15(26)9-10/h4-5,8-9,16-18H,6-7H2,1-3H3. The van der Waals surface area contributed by atoms with Crippen molar-refractivity contribution < 1.29 is 31.9 Å². The third-order valence-corrected chi connectivity index (χ3v) is 7.55. The Morgan fingerprint density at radius 3 is 2.21 bits per heavy atom. The predicted molar refractivity (Wildman–Crippen MR) is 123 cm³/mol. The maximum absolute atomic E-state index is 13.8. The molecule has 3 atom stereocenters. The summed E-state index contributed by atoms with van der Waals surface area (Å²) in [5.74, 6) is -6.10. The molecule has 4 rings (SSSR count). The molecule has 10 heteroatoms. The van der Waals surface area contributed by atoms with E-state index < -0.39 is 57.1 Å². The maximum Gasteiger partial charge on any atom is 0.393 e. The van der Waals surface area contributed by atoms with Gasteiger partial charge in [0.25, 0.3) is 0 Å². The summed E-state index contributed by atoms with van der Waals surface area (Å²) < 4.78 is 60.7. The Kier molecular flexibility index (Phi) is 6.49. The van der Waals surface area contributed by atoms with E-state index in [2.05, 4.69) is 0 Å². The number of hydrogen-bond acceptors (Lipinski definition) is 4. The molecule has 0 aromatic heterocycles. The minimum atomic E-state index is -4.65. The van der Waals surface area contributed by atoms with Crippen LogP contribution < -0.4 is 0 Å². The molecule has 0 saturated heterocycles. The minimum Gasteiger partial charge on any atom is -0.456 e. The Morgan fingerprint density at radius 2 is 1.65 bits per heavy atom. The van der Waals surface area contributed by atoms with E-state index >= 15 is 0 Å². The molecular formula is C24H20Cl2F4O3S. The van der Waals surface area contributed by atoms with Gasteiger partial charge in [0, 0.05) is 28.0 Å². The lowest BCUT2D eigenvalue weighted by atomic mass is 9.95. The number of Topliss-reactive ketones (excluding diaryl/α,β-unsaturated/α-hetero) is 1. The second kappa shape index (κ2) is 8.71. The highest BCUT2D eigenvalue weighted by molar-refractivity contribution is 7.99. The molecule has 0 spiro atoms. The third-order valence-electron chi connectivity index (χ3n) is 5.83. The van der Waals surface area contributed by atoms with E-state index in [9.17, 15) is 27.2 Å². The van der Waals surface area contributed by atoms with Crippen LogP contribution in [0, 0.1) is 17.7 Å². The quantitative estimate of drug-likeness (QED) is 0.176. The molecule has 2 aliphatic rings. The number of halogens is 6. The molecule has 0 radical (unpaired) electrons. The van der Waals surface area contributed by atoms with Crippen molar-refractivity contribution in [2.24, 2.45) is 11.8 Å². The second-order valence-electron chi connectivity index (χ2n) is 9.35. The topological polar surface area (TPSA) is 43.4 Å². The number of benzene rings is 2. The first-order valence-electron chi connectivity index (χ1n) is 10.5. The highest BCUT2D eigenvalue weighted by atomic mass is 35.5. The fourth-order valence-electron chi connectivity index (χ4n) is 4.43. The number of fused-ring (bicyclic) bond motifs is 1. The molecule has 1 aliphatic carbocycles. The van der Waals surface area contributed by atoms with Crippen molar-refractivity contribution in [1.29, 1.82) is 0 Å². The molecular weight excluding hydrogens is 515 g/mol. The zero-order valence-corrected chi connectivity index (χ0v) is 20.7. The summed E-state index contributed by atoms with van der Waals surface area (Å²) in [6, 6.07) is 5.01. The van der Waals surface area contributed by atoms with Crippen LogP contribution in [0.25, 0.3) is 0 Å². The first-order valence-corrected chi connectivity index (χ1v) is 12.2. The number of carbonyl (C=O) groups excluding carboxylic acids is 2. The van der Waals surface area contributed by atoms with Crippen molar-refractivity contribution >= 4 is 46.7 Å². The first kappa shape index (κ1) is 25.3. The van der Waals surface area contributed by atoms with Gasteiger partial charge in [0.15, 0.2) is 11.6 Å². The average molecular weight is 535 g/mol. The highest BCUT2D eigenvalue weighted by Gasteiger charge is 2.67. The van der Waals surface area contributed by atoms with Crippen LogP contribution in [0.3, 0.4) is 0 Å². The van der Waals surface area contributed by atoms with Crippen LogP contribution in [-0.4, -0.2) is 29.3 Å². The predicted octanol–water partition coefficient (Wildman–Crippen LogP) is 7.51. The van der Waals surface area contributed by atoms with Crippen molar-refractivity contribution in [2.45, 2.75) is 49.8 Å². The van der Waals surface area contributed by atoms with Crippen molar-refractivity contribution in [3.8, 4) is 0 Å². The van der Waals surface area contributed by atoms with Crippen molar-refractivity contribution in [2.75, 3.05) is 5.75 Å². The van der Waals surface area contributed by atoms with Crippen molar-refractivity contribution in [1.82, 2.24) is 0 Å². The molecule has 3 nitrogen and oxygen atoms in total. The van der Waals surface area contributed by atoms with E-state index in [1.807, 2.05) is 0 Å². The maximum atomic E-state index is 13.8. The Hall–Kier alpha value is -1.77. The molecule has 1 saturated carbocycles. The van der Waals surface area contributed by atoms with Gasteiger partial charge in [-0.3, -0.25) is 4.79 Å². The summed E-state index contributed by atoms with van der Waals surface area (Å²) in [6.45, 7) is 5.19. The number of carbonyl (C=O) groups is 2. The van der Waals surface area contributed by atoms with Gasteiger partial charge in [0.1, 0.15) is 5.60 Å². The number of rotatable bonds is 4. The van der Waals surface area contributed by atoms with Gasteiger partial charge in [-0.05, 0) is 56.5 Å². The number of hydrogen-bond donors (Lipinski definition) is 0. The summed E-state index contributed by atoms with van der Waals surface area (Å²) >= 11 is 13.0. The normalized spacial score (nSPS) is 21.9. The highest BCUT2D eigenvalue weighted by Crippen LogP contribution is 2.63. The third kappa shape index (κ3) is 4.69. The van der Waals surface area contributed by atoms with Gasteiger partial charge in [0.2, 0.25) is 0 Å². The smallest absolute Gasteiger partial charge is 0.393 e. The van der Waals surface area contributed by atoms with Crippen LogP contribution >= 0.6 is 35.0 Å². The SMILES string of the molecule is CC(C)(C)OC(=O)c1ccc(C(=O)C2C(c3cc(Cl)c(F)c(Cl)c3)C2C(F)(F)F)c2c1SCC2. The van der Waals surface area contributed by atoms with Gasteiger partial charge in [0.05, 0.1) is 21.5 Å². The molecule has 2 aromatic carbocycles. The molecule has 2 aromatic rings. The molecule has 1 heterocycles. The number of esters is 1. The summed E-state index contributed by atoms with van der Waals surface area (Å²) in [6.07, 6.45) is -4.20. The van der Waals surface area contributed by atoms with E-state index in [-0.39, 0.29) is 11.1 Å². The van der Waals surface area contributed by atoms with E-state index in [0.717, 1.165) is 12.1 Å². The van der Waals surface area contributed by atoms with Gasteiger partial charge in [-0.1, -0.05) is 29.3 Å². The number of ether oxygens (including phenoxy) is 1. The zero-order valence-electron chi connectivity index (χ0n) is 18.4. The fourth-order valence-corrected chi connectivity index (χ4v) is 6.13. The Balaban J connectivity index is 1.71. The van der Waals surface area contributed by atoms with Crippen molar-refractivity contribution in [3.63, 3.8) is 0 Å². The Bertz CT molecular complexity index is 1170. The van der Waals surface area contributed by atoms with Gasteiger partial charge >= 0.3 is 12.1 Å². The van der Waals surface area contributed by atoms with Gasteiger partial charge in [-0.25, -0.2) is 9.18 Å². The van der Waals surface area contributed by atoms with Gasteiger partial charge in [-0.2, -0.15) is 13.2 Å². The second-order valence-corrected chi connectivity index (χ2v) is 11.3. The van der Waals surface area contributed by atoms with E-state index in [1.54, 1.807) is 20.8 Å². The molecule has 1 fully saturated rings. The summed E-state index contributed by atoms with van der Waals surface area (Å²) in [7, 11) is 0. The van der Waals surface area contributed by atoms with Crippen LogP contribution in [0.2, 0.25) is 10.0 Å². The van der Waals surface area contributed by atoms with Crippen LogP contribution in [0.5, 0.6) is 0 Å². The minimum absolute atomic E-state index is 0.0634. The summed E-state index contributed by atoms with van der Waals surface area (Å²) in [5, 5.41) is -0.805. The lowest BCUT2D eigenvalue weighted by Gasteiger charge is -2.20. The fraction of sp³-hybridized carbons (Fsp3) is 0.417. The average Bonchev–Trinajstić information content (AvgIpc) is 3.29. The van der Waals surface area contributed by atoms with E-state index in [1.165, 1.54) is 23.9 Å². The van der Waals surface area contributed by atoms with Crippen LogP contribution in [0.15, 0.2) is 29.2 Å². The van der Waals surface area contributed by atoms with Gasteiger partial charge in [-0.15, -0.1) is 11.8 Å². The molecule has 34 heavy (non-hydrogen) atoms. The largest absolute Gasteiger partial charge is 0.456 e.